The van der Waals surface area contributed by atoms with Crippen LogP contribution in [0.15, 0.2) is 12.3 Å². The summed E-state index contributed by atoms with van der Waals surface area (Å²) in [7, 11) is 0. The fourth-order valence-corrected chi connectivity index (χ4v) is 1.80. The SMILES string of the molecule is CC(C)C(CC(=O)O)NC(=O)c1cc(Cl)ncc1[N+](=O)[O-]. The van der Waals surface area contributed by atoms with Crippen LogP contribution in [-0.4, -0.2) is 32.9 Å². The standard InChI is InChI=1S/C12H14ClN3O5/c1-6(2)8(4-11(17)18)15-12(19)7-3-10(13)14-5-9(7)16(20)21/h3,5-6,8H,4H2,1-2H3,(H,15,19)(H,17,18). The first kappa shape index (κ1) is 16.8. The number of carboxylic acid groups (broad SMARTS) is 1. The maximum absolute atomic E-state index is 12.1. The molecule has 0 spiro atoms. The smallest absolute Gasteiger partial charge is 0.305 e. The molecule has 114 valence electrons. The zero-order valence-corrected chi connectivity index (χ0v) is 12.1. The third-order valence-corrected chi connectivity index (χ3v) is 3.01. The van der Waals surface area contributed by atoms with Gasteiger partial charge < -0.3 is 10.4 Å². The van der Waals surface area contributed by atoms with Crippen LogP contribution >= 0.6 is 11.6 Å². The van der Waals surface area contributed by atoms with Crippen LogP contribution in [0.4, 0.5) is 5.69 Å². The van der Waals surface area contributed by atoms with Gasteiger partial charge in [0.25, 0.3) is 11.6 Å². The molecule has 0 fully saturated rings. The minimum atomic E-state index is -1.07. The molecular weight excluding hydrogens is 302 g/mol. The second-order valence-electron chi connectivity index (χ2n) is 4.70. The predicted molar refractivity (Wildman–Crippen MR) is 74.2 cm³/mol. The number of amides is 1. The van der Waals surface area contributed by atoms with Crippen molar-refractivity contribution in [2.45, 2.75) is 26.3 Å². The molecule has 1 aromatic heterocycles. The zero-order chi connectivity index (χ0) is 16.2. The van der Waals surface area contributed by atoms with Crippen LogP contribution < -0.4 is 5.32 Å². The number of nitro groups is 1. The summed E-state index contributed by atoms with van der Waals surface area (Å²) >= 11 is 5.64. The van der Waals surface area contributed by atoms with Crippen LogP contribution in [0.5, 0.6) is 0 Å². The minimum Gasteiger partial charge on any atom is -0.481 e. The number of aliphatic carboxylic acids is 1. The van der Waals surface area contributed by atoms with E-state index in [0.29, 0.717) is 0 Å². The van der Waals surface area contributed by atoms with E-state index < -0.39 is 28.5 Å². The van der Waals surface area contributed by atoms with Crippen molar-refractivity contribution in [3.8, 4) is 0 Å². The summed E-state index contributed by atoms with van der Waals surface area (Å²) < 4.78 is 0. The van der Waals surface area contributed by atoms with Crippen LogP contribution in [0.1, 0.15) is 30.6 Å². The van der Waals surface area contributed by atoms with Crippen molar-refractivity contribution in [1.82, 2.24) is 10.3 Å². The lowest BCUT2D eigenvalue weighted by Crippen LogP contribution is -2.40. The van der Waals surface area contributed by atoms with Gasteiger partial charge in [-0.25, -0.2) is 4.98 Å². The Morgan fingerprint density at radius 3 is 2.62 bits per heavy atom. The molecule has 0 radical (unpaired) electrons. The lowest BCUT2D eigenvalue weighted by atomic mass is 10.0. The Morgan fingerprint density at radius 1 is 1.52 bits per heavy atom. The van der Waals surface area contributed by atoms with E-state index in [1.54, 1.807) is 13.8 Å². The molecule has 0 aromatic carbocycles. The summed E-state index contributed by atoms with van der Waals surface area (Å²) in [5.41, 5.74) is -0.745. The molecular formula is C12H14ClN3O5. The van der Waals surface area contributed by atoms with E-state index in [0.717, 1.165) is 12.3 Å². The van der Waals surface area contributed by atoms with Crippen molar-refractivity contribution in [2.24, 2.45) is 5.92 Å². The van der Waals surface area contributed by atoms with Gasteiger partial charge in [-0.15, -0.1) is 0 Å². The monoisotopic (exact) mass is 315 g/mol. The summed E-state index contributed by atoms with van der Waals surface area (Å²) in [6.45, 7) is 3.48. The van der Waals surface area contributed by atoms with Crippen molar-refractivity contribution in [1.29, 1.82) is 0 Å². The van der Waals surface area contributed by atoms with E-state index in [-0.39, 0.29) is 23.1 Å². The van der Waals surface area contributed by atoms with Crippen LogP contribution in [0.2, 0.25) is 5.15 Å². The summed E-state index contributed by atoms with van der Waals surface area (Å²) in [5.74, 6) is -1.98. The van der Waals surface area contributed by atoms with Crippen LogP contribution in [0.25, 0.3) is 0 Å². The molecule has 0 aliphatic rings. The van der Waals surface area contributed by atoms with Crippen molar-refractivity contribution >= 4 is 29.2 Å². The predicted octanol–water partition coefficient (Wildman–Crippen LogP) is 1.87. The van der Waals surface area contributed by atoms with Crippen molar-refractivity contribution in [2.75, 3.05) is 0 Å². The van der Waals surface area contributed by atoms with Gasteiger partial charge >= 0.3 is 5.97 Å². The van der Waals surface area contributed by atoms with Gasteiger partial charge in [0.2, 0.25) is 0 Å². The van der Waals surface area contributed by atoms with Crippen molar-refractivity contribution < 1.29 is 19.6 Å². The first-order valence-corrected chi connectivity index (χ1v) is 6.42. The molecule has 1 amide bonds. The maximum atomic E-state index is 12.1. The quantitative estimate of drug-likeness (QED) is 0.469. The molecule has 0 saturated carbocycles. The number of pyridine rings is 1. The summed E-state index contributed by atoms with van der Waals surface area (Å²) in [5, 5.41) is 22.1. The second-order valence-corrected chi connectivity index (χ2v) is 5.09. The number of nitrogens with one attached hydrogen (secondary N) is 1. The Labute approximate surface area is 125 Å². The number of hydrogen-bond acceptors (Lipinski definition) is 5. The summed E-state index contributed by atoms with van der Waals surface area (Å²) in [6, 6.07) is 0.425. The maximum Gasteiger partial charge on any atom is 0.305 e. The Balaban J connectivity index is 3.04. The molecule has 1 atom stereocenters. The van der Waals surface area contributed by atoms with E-state index in [9.17, 15) is 19.7 Å². The highest BCUT2D eigenvalue weighted by atomic mass is 35.5. The lowest BCUT2D eigenvalue weighted by molar-refractivity contribution is -0.385. The molecule has 1 unspecified atom stereocenters. The Kier molecular flexibility index (Phi) is 5.60. The van der Waals surface area contributed by atoms with Gasteiger partial charge in [0, 0.05) is 6.04 Å². The van der Waals surface area contributed by atoms with Gasteiger partial charge in [0.05, 0.1) is 11.3 Å². The average Bonchev–Trinajstić information content (AvgIpc) is 2.36. The van der Waals surface area contributed by atoms with E-state index in [1.807, 2.05) is 0 Å². The molecule has 0 aliphatic carbocycles. The normalized spacial score (nSPS) is 12.0. The fourth-order valence-electron chi connectivity index (χ4n) is 1.64. The lowest BCUT2D eigenvalue weighted by Gasteiger charge is -2.20. The molecule has 1 aromatic rings. The topological polar surface area (TPSA) is 122 Å². The molecule has 21 heavy (non-hydrogen) atoms. The third kappa shape index (κ3) is 4.67. The molecule has 0 bridgehead atoms. The van der Waals surface area contributed by atoms with Crippen LogP contribution in [-0.2, 0) is 4.79 Å². The van der Waals surface area contributed by atoms with Crippen LogP contribution in [0.3, 0.4) is 0 Å². The highest BCUT2D eigenvalue weighted by Gasteiger charge is 2.25. The number of carbonyl (C=O) groups is 2. The number of carboxylic acids is 1. The molecule has 0 aliphatic heterocycles. The number of aromatic nitrogens is 1. The van der Waals surface area contributed by atoms with E-state index in [2.05, 4.69) is 10.3 Å². The van der Waals surface area contributed by atoms with Gasteiger partial charge in [0.15, 0.2) is 0 Å². The Bertz CT molecular complexity index is 576. The minimum absolute atomic E-state index is 0.0647. The van der Waals surface area contributed by atoms with Crippen molar-refractivity contribution in [3.05, 3.63) is 33.1 Å². The number of nitrogens with zero attached hydrogens (tertiary/aromatic N) is 2. The number of carbonyl (C=O) groups excluding carboxylic acids is 1. The third-order valence-electron chi connectivity index (χ3n) is 2.81. The number of hydrogen-bond donors (Lipinski definition) is 2. The molecule has 9 heteroatoms. The molecule has 1 heterocycles. The van der Waals surface area contributed by atoms with Gasteiger partial charge in [0.1, 0.15) is 16.9 Å². The molecule has 8 nitrogen and oxygen atoms in total. The molecule has 2 N–H and O–H groups in total. The number of rotatable bonds is 6. The summed E-state index contributed by atoms with van der Waals surface area (Å²) in [6.07, 6.45) is 0.606. The van der Waals surface area contributed by atoms with E-state index in [1.165, 1.54) is 0 Å². The van der Waals surface area contributed by atoms with Gasteiger partial charge in [-0.1, -0.05) is 25.4 Å². The average molecular weight is 316 g/mol. The highest BCUT2D eigenvalue weighted by Crippen LogP contribution is 2.21. The Hall–Kier alpha value is -2.22. The summed E-state index contributed by atoms with van der Waals surface area (Å²) in [4.78, 5) is 36.6. The molecule has 0 saturated heterocycles. The first-order chi connectivity index (χ1) is 9.72. The Morgan fingerprint density at radius 2 is 2.14 bits per heavy atom. The highest BCUT2D eigenvalue weighted by molar-refractivity contribution is 6.29. The first-order valence-electron chi connectivity index (χ1n) is 6.05. The zero-order valence-electron chi connectivity index (χ0n) is 11.4. The van der Waals surface area contributed by atoms with E-state index >= 15 is 0 Å². The van der Waals surface area contributed by atoms with E-state index in [4.69, 9.17) is 16.7 Å². The van der Waals surface area contributed by atoms with Crippen LogP contribution in [0, 0.1) is 16.0 Å². The largest absolute Gasteiger partial charge is 0.481 e. The number of halogens is 1. The van der Waals surface area contributed by atoms with Gasteiger partial charge in [-0.05, 0) is 12.0 Å². The van der Waals surface area contributed by atoms with Gasteiger partial charge in [-0.2, -0.15) is 0 Å². The van der Waals surface area contributed by atoms with Crippen molar-refractivity contribution in [3.63, 3.8) is 0 Å². The fraction of sp³-hybridized carbons (Fsp3) is 0.417. The second kappa shape index (κ2) is 6.98. The molecule has 1 rings (SSSR count). The van der Waals surface area contributed by atoms with Gasteiger partial charge in [-0.3, -0.25) is 19.7 Å².